The minimum absolute atomic E-state index is 0.875. The van der Waals surface area contributed by atoms with Gasteiger partial charge in [-0.15, -0.1) is 0 Å². The van der Waals surface area contributed by atoms with Crippen molar-refractivity contribution in [2.45, 2.75) is 0 Å². The van der Waals surface area contributed by atoms with Crippen molar-refractivity contribution >= 4 is 49.8 Å². The van der Waals surface area contributed by atoms with E-state index in [1.54, 1.807) is 0 Å². The molecule has 0 atom stereocenters. The van der Waals surface area contributed by atoms with Gasteiger partial charge < -0.3 is 9.32 Å². The third-order valence-corrected chi connectivity index (χ3v) is 11.7. The monoisotopic (exact) mass is 765 g/mol. The van der Waals surface area contributed by atoms with Gasteiger partial charge in [-0.2, -0.15) is 0 Å². The van der Waals surface area contributed by atoms with E-state index in [0.717, 1.165) is 72.4 Å². The molecular formula is C58H39NO. The van der Waals surface area contributed by atoms with Crippen LogP contribution in [-0.4, -0.2) is 0 Å². The zero-order valence-corrected chi connectivity index (χ0v) is 32.9. The van der Waals surface area contributed by atoms with Crippen LogP contribution in [0.1, 0.15) is 0 Å². The van der Waals surface area contributed by atoms with E-state index < -0.39 is 0 Å². The third kappa shape index (κ3) is 6.51. The van der Waals surface area contributed by atoms with Crippen LogP contribution in [0.25, 0.3) is 88.3 Å². The molecule has 10 aromatic carbocycles. The maximum absolute atomic E-state index is 6.52. The normalized spacial score (nSPS) is 11.3. The lowest BCUT2D eigenvalue weighted by Gasteiger charge is -2.29. The number of hydrogen-bond donors (Lipinski definition) is 0. The van der Waals surface area contributed by atoms with Crippen molar-refractivity contribution in [1.82, 2.24) is 0 Å². The first kappa shape index (κ1) is 35.2. The average Bonchev–Trinajstić information content (AvgIpc) is 3.70. The van der Waals surface area contributed by atoms with Crippen LogP contribution in [0.5, 0.6) is 0 Å². The zero-order chi connectivity index (χ0) is 39.8. The molecule has 0 saturated carbocycles. The van der Waals surface area contributed by atoms with Gasteiger partial charge in [0.1, 0.15) is 11.2 Å². The Balaban J connectivity index is 1.17. The fourth-order valence-corrected chi connectivity index (χ4v) is 8.69. The average molecular weight is 766 g/mol. The molecule has 0 aliphatic heterocycles. The number of benzene rings is 10. The summed E-state index contributed by atoms with van der Waals surface area (Å²) in [5, 5.41) is 4.65. The fourth-order valence-electron chi connectivity index (χ4n) is 8.69. The molecule has 1 heterocycles. The molecule has 0 fully saturated rings. The summed E-state index contributed by atoms with van der Waals surface area (Å²) in [6.07, 6.45) is 0. The largest absolute Gasteiger partial charge is 0.456 e. The number of rotatable bonds is 8. The highest BCUT2D eigenvalue weighted by Gasteiger charge is 2.22. The molecule has 282 valence electrons. The molecule has 2 heteroatoms. The van der Waals surface area contributed by atoms with Crippen molar-refractivity contribution in [1.29, 1.82) is 0 Å². The number of para-hydroxylation sites is 1. The SMILES string of the molecule is c1ccc(-c2ccc(N(c3ccc(-c4ccccc4)cc3)c3cc(-c4ccccc4)c(-c4ccc5c(c4)oc4ccccc45)c(-c4ccc5ccccc5c4)c3)cc2)cc1. The standard InChI is InChI=1S/C58H39NO/c1-4-14-40(15-5-1)43-26-31-49(32-27-43)59(50-33-28-44(29-34-50)41-16-6-2-7-17-41)51-38-54(45-19-8-3-9-20-45)58(55(39-51)47-25-24-42-18-10-11-21-46(42)36-47)48-30-35-53-52-22-12-13-23-56(52)60-57(53)37-48/h1-39H. The third-order valence-electron chi connectivity index (χ3n) is 11.7. The van der Waals surface area contributed by atoms with Crippen LogP contribution in [0.3, 0.4) is 0 Å². The molecule has 11 rings (SSSR count). The molecule has 0 unspecified atom stereocenters. The van der Waals surface area contributed by atoms with Gasteiger partial charge in [0, 0.05) is 27.8 Å². The Hall–Kier alpha value is -7.94. The van der Waals surface area contributed by atoms with E-state index in [2.05, 4.69) is 229 Å². The van der Waals surface area contributed by atoms with Crippen LogP contribution < -0.4 is 4.90 Å². The van der Waals surface area contributed by atoms with Crippen molar-refractivity contribution in [3.05, 3.63) is 237 Å². The van der Waals surface area contributed by atoms with Crippen LogP contribution >= 0.6 is 0 Å². The second kappa shape index (κ2) is 15.1. The molecule has 0 aliphatic rings. The van der Waals surface area contributed by atoms with E-state index in [1.165, 1.54) is 33.0 Å². The van der Waals surface area contributed by atoms with Crippen LogP contribution in [0.15, 0.2) is 241 Å². The smallest absolute Gasteiger partial charge is 0.136 e. The lowest BCUT2D eigenvalue weighted by atomic mass is 9.86. The molecule has 0 saturated heterocycles. The Labute approximate surface area is 349 Å². The van der Waals surface area contributed by atoms with E-state index >= 15 is 0 Å². The highest BCUT2D eigenvalue weighted by molar-refractivity contribution is 6.08. The van der Waals surface area contributed by atoms with Crippen LogP contribution in [0, 0.1) is 0 Å². The van der Waals surface area contributed by atoms with Crippen LogP contribution in [0.2, 0.25) is 0 Å². The van der Waals surface area contributed by atoms with Crippen molar-refractivity contribution in [2.24, 2.45) is 0 Å². The second-order valence-corrected chi connectivity index (χ2v) is 15.3. The predicted octanol–water partition coefficient (Wildman–Crippen LogP) is 16.5. The number of furan rings is 1. The van der Waals surface area contributed by atoms with Crippen LogP contribution in [0.4, 0.5) is 17.1 Å². The maximum Gasteiger partial charge on any atom is 0.136 e. The Morgan fingerprint density at radius 2 is 0.733 bits per heavy atom. The number of anilines is 3. The van der Waals surface area contributed by atoms with Gasteiger partial charge in [0.15, 0.2) is 0 Å². The van der Waals surface area contributed by atoms with Crippen molar-refractivity contribution in [3.8, 4) is 55.6 Å². The van der Waals surface area contributed by atoms with Gasteiger partial charge in [-0.3, -0.25) is 0 Å². The molecule has 0 radical (unpaired) electrons. The van der Waals surface area contributed by atoms with Gasteiger partial charge in [0.2, 0.25) is 0 Å². The van der Waals surface area contributed by atoms with Crippen molar-refractivity contribution in [3.63, 3.8) is 0 Å². The summed E-state index contributed by atoms with van der Waals surface area (Å²) in [7, 11) is 0. The van der Waals surface area contributed by atoms with Gasteiger partial charge >= 0.3 is 0 Å². The minimum atomic E-state index is 0.875. The highest BCUT2D eigenvalue weighted by Crippen LogP contribution is 2.48. The summed E-state index contributed by atoms with van der Waals surface area (Å²) >= 11 is 0. The Morgan fingerprint density at radius 3 is 1.37 bits per heavy atom. The molecule has 0 spiro atoms. The van der Waals surface area contributed by atoms with Crippen molar-refractivity contribution in [2.75, 3.05) is 4.90 Å². The van der Waals surface area contributed by atoms with E-state index in [-0.39, 0.29) is 0 Å². The van der Waals surface area contributed by atoms with Crippen LogP contribution in [-0.2, 0) is 0 Å². The first-order valence-electron chi connectivity index (χ1n) is 20.5. The minimum Gasteiger partial charge on any atom is -0.456 e. The molecule has 2 nitrogen and oxygen atoms in total. The van der Waals surface area contributed by atoms with Gasteiger partial charge in [-0.05, 0) is 127 Å². The molecule has 0 bridgehead atoms. The van der Waals surface area contributed by atoms with Gasteiger partial charge in [0.05, 0.1) is 0 Å². The van der Waals surface area contributed by atoms with E-state index in [1.807, 2.05) is 12.1 Å². The highest BCUT2D eigenvalue weighted by atomic mass is 16.3. The maximum atomic E-state index is 6.52. The summed E-state index contributed by atoms with van der Waals surface area (Å²) in [5.41, 5.74) is 16.5. The van der Waals surface area contributed by atoms with Gasteiger partial charge in [-0.25, -0.2) is 0 Å². The Kier molecular flexibility index (Phi) is 8.87. The quantitative estimate of drug-likeness (QED) is 0.153. The molecule has 60 heavy (non-hydrogen) atoms. The van der Waals surface area contributed by atoms with E-state index in [0.29, 0.717) is 0 Å². The first-order valence-corrected chi connectivity index (χ1v) is 20.5. The molecule has 0 amide bonds. The number of hydrogen-bond acceptors (Lipinski definition) is 2. The topological polar surface area (TPSA) is 16.4 Å². The molecule has 0 aliphatic carbocycles. The first-order chi connectivity index (χ1) is 29.7. The Morgan fingerprint density at radius 1 is 0.267 bits per heavy atom. The summed E-state index contributed by atoms with van der Waals surface area (Å²) in [6, 6.07) is 85.1. The van der Waals surface area contributed by atoms with Crippen molar-refractivity contribution < 1.29 is 4.42 Å². The number of nitrogens with zero attached hydrogens (tertiary/aromatic N) is 1. The lowest BCUT2D eigenvalue weighted by Crippen LogP contribution is -2.11. The fraction of sp³-hybridized carbons (Fsp3) is 0. The van der Waals surface area contributed by atoms with E-state index in [4.69, 9.17) is 4.42 Å². The van der Waals surface area contributed by atoms with Gasteiger partial charge in [-0.1, -0.05) is 176 Å². The zero-order valence-electron chi connectivity index (χ0n) is 32.9. The summed E-state index contributed by atoms with van der Waals surface area (Å²) < 4.78 is 6.52. The summed E-state index contributed by atoms with van der Waals surface area (Å²) in [6.45, 7) is 0. The molecular weight excluding hydrogens is 727 g/mol. The lowest BCUT2D eigenvalue weighted by molar-refractivity contribution is 0.669. The Bertz CT molecular complexity index is 3190. The predicted molar refractivity (Wildman–Crippen MR) is 253 cm³/mol. The second-order valence-electron chi connectivity index (χ2n) is 15.3. The number of fused-ring (bicyclic) bond motifs is 4. The van der Waals surface area contributed by atoms with Gasteiger partial charge in [0.25, 0.3) is 0 Å². The van der Waals surface area contributed by atoms with E-state index in [9.17, 15) is 0 Å². The molecule has 0 N–H and O–H groups in total. The summed E-state index contributed by atoms with van der Waals surface area (Å²) in [5.74, 6) is 0. The molecule has 1 aromatic heterocycles. The molecule has 11 aromatic rings. The summed E-state index contributed by atoms with van der Waals surface area (Å²) in [4.78, 5) is 2.40.